The summed E-state index contributed by atoms with van der Waals surface area (Å²) in [6, 6.07) is 9.28. The van der Waals surface area contributed by atoms with Crippen LogP contribution in [0.15, 0.2) is 24.3 Å². The van der Waals surface area contributed by atoms with E-state index in [1.165, 1.54) is 17.5 Å². The Hall–Kier alpha value is -0.860. The van der Waals surface area contributed by atoms with E-state index in [1.807, 2.05) is 7.11 Å². The number of methoxy groups -OCH3 is 1. The minimum Gasteiger partial charge on any atom is -0.379 e. The lowest BCUT2D eigenvalue weighted by atomic mass is 9.81. The predicted molar refractivity (Wildman–Crippen MR) is 91.7 cm³/mol. The third-order valence-electron chi connectivity index (χ3n) is 3.90. The molecule has 1 rings (SSSR count). The van der Waals surface area contributed by atoms with E-state index in [0.717, 1.165) is 19.4 Å². The molecule has 120 valence electrons. The summed E-state index contributed by atoms with van der Waals surface area (Å²) >= 11 is 0. The number of hydrogen-bond acceptors (Lipinski definition) is 2. The van der Waals surface area contributed by atoms with Crippen molar-refractivity contribution in [2.75, 3.05) is 13.7 Å². The fourth-order valence-corrected chi connectivity index (χ4v) is 2.87. The summed E-state index contributed by atoms with van der Waals surface area (Å²) in [5, 5.41) is 3.67. The van der Waals surface area contributed by atoms with Gasteiger partial charge in [0.25, 0.3) is 0 Å². The van der Waals surface area contributed by atoms with E-state index >= 15 is 0 Å². The molecule has 1 N–H and O–H groups in total. The van der Waals surface area contributed by atoms with Crippen molar-refractivity contribution >= 4 is 0 Å². The lowest BCUT2D eigenvalue weighted by molar-refractivity contribution is -0.0119. The Morgan fingerprint density at radius 1 is 1.05 bits per heavy atom. The van der Waals surface area contributed by atoms with Crippen molar-refractivity contribution in [2.45, 2.75) is 66.0 Å². The Kier molecular flexibility index (Phi) is 7.41. The Bertz CT molecular complexity index is 391. The average Bonchev–Trinajstić information content (AvgIpc) is 2.43. The lowest BCUT2D eigenvalue weighted by Crippen LogP contribution is -2.41. The molecule has 0 aliphatic carbocycles. The van der Waals surface area contributed by atoms with Gasteiger partial charge in [0.2, 0.25) is 0 Å². The topological polar surface area (TPSA) is 21.3 Å². The van der Waals surface area contributed by atoms with Crippen molar-refractivity contribution in [1.29, 1.82) is 0 Å². The van der Waals surface area contributed by atoms with Gasteiger partial charge in [-0.15, -0.1) is 0 Å². The number of aryl methyl sites for hydroxylation is 1. The van der Waals surface area contributed by atoms with E-state index in [4.69, 9.17) is 4.74 Å². The SMILES string of the molecule is CCCNC(c1ccc(CCC)cc1)C(OC)C(C)(C)C. The highest BCUT2D eigenvalue weighted by atomic mass is 16.5. The molecule has 0 bridgehead atoms. The molecule has 0 heterocycles. The largest absolute Gasteiger partial charge is 0.379 e. The number of rotatable bonds is 8. The van der Waals surface area contributed by atoms with Crippen molar-refractivity contribution in [3.63, 3.8) is 0 Å². The highest BCUT2D eigenvalue weighted by Crippen LogP contribution is 2.32. The van der Waals surface area contributed by atoms with Gasteiger partial charge >= 0.3 is 0 Å². The first-order valence-corrected chi connectivity index (χ1v) is 8.29. The molecule has 0 spiro atoms. The summed E-state index contributed by atoms with van der Waals surface area (Å²) in [6.07, 6.45) is 3.63. The second kappa shape index (κ2) is 8.55. The summed E-state index contributed by atoms with van der Waals surface area (Å²) in [7, 11) is 1.82. The summed E-state index contributed by atoms with van der Waals surface area (Å²) < 4.78 is 5.84. The molecule has 0 amide bonds. The van der Waals surface area contributed by atoms with Crippen molar-refractivity contribution < 1.29 is 4.74 Å². The van der Waals surface area contributed by atoms with Crippen LogP contribution in [0.25, 0.3) is 0 Å². The van der Waals surface area contributed by atoms with Crippen LogP contribution in [0.1, 0.15) is 64.6 Å². The molecule has 0 radical (unpaired) electrons. The summed E-state index contributed by atoms with van der Waals surface area (Å²) in [6.45, 7) is 12.2. The second-order valence-corrected chi connectivity index (χ2v) is 6.95. The van der Waals surface area contributed by atoms with Crippen LogP contribution in [-0.2, 0) is 11.2 Å². The van der Waals surface area contributed by atoms with Crippen molar-refractivity contribution in [3.05, 3.63) is 35.4 Å². The molecule has 2 heteroatoms. The van der Waals surface area contributed by atoms with Gasteiger partial charge in [-0.25, -0.2) is 0 Å². The molecule has 0 aromatic heterocycles. The zero-order chi connectivity index (χ0) is 15.9. The van der Waals surface area contributed by atoms with Crippen LogP contribution < -0.4 is 5.32 Å². The van der Waals surface area contributed by atoms with Crippen LogP contribution in [0.4, 0.5) is 0 Å². The molecule has 2 atom stereocenters. The standard InChI is InChI=1S/C19H33NO/c1-7-9-15-10-12-16(13-11-15)17(20-14-8-2)18(21-6)19(3,4)5/h10-13,17-18,20H,7-9,14H2,1-6H3. The maximum Gasteiger partial charge on any atom is 0.0814 e. The van der Waals surface area contributed by atoms with Crippen LogP contribution in [-0.4, -0.2) is 19.8 Å². The smallest absolute Gasteiger partial charge is 0.0814 e. The molecule has 2 nitrogen and oxygen atoms in total. The van der Waals surface area contributed by atoms with Crippen molar-refractivity contribution in [3.8, 4) is 0 Å². The average molecular weight is 291 g/mol. The lowest BCUT2D eigenvalue weighted by Gasteiger charge is -2.37. The van der Waals surface area contributed by atoms with E-state index in [0.29, 0.717) is 0 Å². The first-order valence-electron chi connectivity index (χ1n) is 8.29. The molecule has 1 aromatic carbocycles. The molecule has 1 aromatic rings. The van der Waals surface area contributed by atoms with Gasteiger partial charge in [0.15, 0.2) is 0 Å². The number of hydrogen-bond donors (Lipinski definition) is 1. The predicted octanol–water partition coefficient (Wildman–Crippen LogP) is 4.74. The van der Waals surface area contributed by atoms with Crippen LogP contribution in [0.2, 0.25) is 0 Å². The Labute approximate surface area is 131 Å². The third kappa shape index (κ3) is 5.44. The van der Waals surface area contributed by atoms with E-state index in [1.54, 1.807) is 0 Å². The van der Waals surface area contributed by atoms with Gasteiger partial charge in [0, 0.05) is 7.11 Å². The molecule has 0 aliphatic heterocycles. The fourth-order valence-electron chi connectivity index (χ4n) is 2.87. The van der Waals surface area contributed by atoms with E-state index in [9.17, 15) is 0 Å². The molecule has 2 unspecified atom stereocenters. The fraction of sp³-hybridized carbons (Fsp3) is 0.684. The van der Waals surface area contributed by atoms with Crippen molar-refractivity contribution in [2.24, 2.45) is 5.41 Å². The van der Waals surface area contributed by atoms with Gasteiger partial charge in [-0.05, 0) is 35.9 Å². The molecular weight excluding hydrogens is 258 g/mol. The minimum atomic E-state index is 0.0995. The zero-order valence-electron chi connectivity index (χ0n) is 14.7. The van der Waals surface area contributed by atoms with Crippen molar-refractivity contribution in [1.82, 2.24) is 5.32 Å². The molecular formula is C19H33NO. The second-order valence-electron chi connectivity index (χ2n) is 6.95. The van der Waals surface area contributed by atoms with Crippen LogP contribution in [0.3, 0.4) is 0 Å². The number of benzene rings is 1. The van der Waals surface area contributed by atoms with E-state index in [-0.39, 0.29) is 17.6 Å². The molecule has 0 saturated heterocycles. The molecule has 0 saturated carbocycles. The highest BCUT2D eigenvalue weighted by Gasteiger charge is 2.32. The maximum absolute atomic E-state index is 5.84. The zero-order valence-corrected chi connectivity index (χ0v) is 14.7. The summed E-state index contributed by atoms with van der Waals surface area (Å²) in [5.74, 6) is 0. The first kappa shape index (κ1) is 18.2. The maximum atomic E-state index is 5.84. The number of ether oxygens (including phenoxy) is 1. The Morgan fingerprint density at radius 2 is 1.67 bits per heavy atom. The van der Waals surface area contributed by atoms with E-state index in [2.05, 4.69) is 64.2 Å². The van der Waals surface area contributed by atoms with Crippen LogP contribution in [0.5, 0.6) is 0 Å². The minimum absolute atomic E-state index is 0.0995. The summed E-state index contributed by atoms with van der Waals surface area (Å²) in [4.78, 5) is 0. The monoisotopic (exact) mass is 291 g/mol. The molecule has 0 aliphatic rings. The van der Waals surface area contributed by atoms with Gasteiger partial charge in [0.1, 0.15) is 0 Å². The van der Waals surface area contributed by atoms with Gasteiger partial charge in [0.05, 0.1) is 12.1 Å². The Balaban J connectivity index is 3.00. The highest BCUT2D eigenvalue weighted by molar-refractivity contribution is 5.26. The van der Waals surface area contributed by atoms with E-state index < -0.39 is 0 Å². The quantitative estimate of drug-likeness (QED) is 0.747. The van der Waals surface area contributed by atoms with Crippen LogP contribution in [0, 0.1) is 5.41 Å². The first-order chi connectivity index (χ1) is 9.93. The molecule has 21 heavy (non-hydrogen) atoms. The summed E-state index contributed by atoms with van der Waals surface area (Å²) in [5.41, 5.74) is 2.84. The van der Waals surface area contributed by atoms with Gasteiger partial charge in [-0.1, -0.05) is 65.3 Å². The number of nitrogens with one attached hydrogen (secondary N) is 1. The third-order valence-corrected chi connectivity index (χ3v) is 3.90. The normalized spacial score (nSPS) is 15.0. The van der Waals surface area contributed by atoms with Gasteiger partial charge in [-0.2, -0.15) is 0 Å². The van der Waals surface area contributed by atoms with Gasteiger partial charge in [-0.3, -0.25) is 0 Å². The van der Waals surface area contributed by atoms with Crippen LogP contribution >= 0.6 is 0 Å². The van der Waals surface area contributed by atoms with Gasteiger partial charge < -0.3 is 10.1 Å². The Morgan fingerprint density at radius 3 is 2.10 bits per heavy atom. The molecule has 0 fully saturated rings.